The van der Waals surface area contributed by atoms with Gasteiger partial charge in [0.2, 0.25) is 0 Å². The van der Waals surface area contributed by atoms with Gasteiger partial charge in [-0.2, -0.15) is 0 Å². The second kappa shape index (κ2) is 15.0. The molecule has 0 fully saturated rings. The van der Waals surface area contributed by atoms with Gasteiger partial charge in [-0.3, -0.25) is 0 Å². The smallest absolute Gasteiger partial charge is 0.0629 e. The number of nitrogens with zero attached hydrogens (tertiary/aromatic N) is 4. The van der Waals surface area contributed by atoms with Crippen LogP contribution in [0.1, 0.15) is 24.3 Å². The van der Waals surface area contributed by atoms with Crippen LogP contribution in [0, 0.1) is 0 Å². The fourth-order valence-corrected chi connectivity index (χ4v) is 10.2. The Labute approximate surface area is 362 Å². The number of hydrogen-bond donors (Lipinski definition) is 0. The minimum Gasteiger partial charge on any atom is -0.333 e. The van der Waals surface area contributed by atoms with E-state index < -0.39 is 0 Å². The van der Waals surface area contributed by atoms with Gasteiger partial charge in [0.05, 0.1) is 28.5 Å². The van der Waals surface area contributed by atoms with Crippen LogP contribution in [-0.2, 0) is 0 Å². The van der Waals surface area contributed by atoms with Gasteiger partial charge >= 0.3 is 0 Å². The van der Waals surface area contributed by atoms with E-state index in [4.69, 9.17) is 0 Å². The molecule has 0 N–H and O–H groups in total. The Morgan fingerprint density at radius 3 is 1.84 bits per heavy atom. The van der Waals surface area contributed by atoms with Gasteiger partial charge in [0.25, 0.3) is 0 Å². The predicted octanol–water partition coefficient (Wildman–Crippen LogP) is 15.5. The Morgan fingerprint density at radius 1 is 0.452 bits per heavy atom. The third-order valence-corrected chi connectivity index (χ3v) is 12.9. The normalized spacial score (nSPS) is 16.5. The molecule has 4 heteroatoms. The fraction of sp³-hybridized carbons (Fsp3) is 0.0690. The van der Waals surface area contributed by atoms with Crippen molar-refractivity contribution in [3.05, 3.63) is 242 Å². The molecule has 2 unspecified atom stereocenters. The Bertz CT molecular complexity index is 3270. The van der Waals surface area contributed by atoms with E-state index in [0.29, 0.717) is 0 Å². The SMILES string of the molecule is C1=CC2c3cc(N(C4=CCCC=C4)c4cccc5c(N(c6ccccc6)c6ccc7c(c6)c6ccccc6n7-c6ccccc6)cccc45)ccc3N(c3ccccc3)C2C=C1. The van der Waals surface area contributed by atoms with E-state index in [1.165, 1.54) is 55.2 Å². The average molecular weight is 797 g/mol. The Hall–Kier alpha value is -7.82. The third kappa shape index (κ3) is 5.90. The van der Waals surface area contributed by atoms with Crippen molar-refractivity contribution < 1.29 is 0 Å². The molecule has 0 saturated heterocycles. The minimum atomic E-state index is 0.230. The lowest BCUT2D eigenvalue weighted by molar-refractivity contribution is 0.745. The van der Waals surface area contributed by atoms with Crippen LogP contribution in [0.2, 0.25) is 0 Å². The number of allylic oxidation sites excluding steroid dienone is 5. The molecule has 2 atom stereocenters. The number of aromatic nitrogens is 1. The molecule has 3 aliphatic rings. The summed E-state index contributed by atoms with van der Waals surface area (Å²) in [7, 11) is 0. The van der Waals surface area contributed by atoms with Crippen LogP contribution in [0.4, 0.5) is 39.8 Å². The molecule has 0 bridgehead atoms. The topological polar surface area (TPSA) is 14.7 Å². The molecule has 8 aromatic carbocycles. The summed E-state index contributed by atoms with van der Waals surface area (Å²) in [6, 6.07) is 69.0. The van der Waals surface area contributed by atoms with Gasteiger partial charge in [-0.05, 0) is 115 Å². The molecule has 62 heavy (non-hydrogen) atoms. The maximum absolute atomic E-state index is 2.51. The van der Waals surface area contributed by atoms with Gasteiger partial charge in [0.1, 0.15) is 0 Å². The molecule has 0 amide bonds. The van der Waals surface area contributed by atoms with Crippen molar-refractivity contribution in [1.82, 2.24) is 4.57 Å². The van der Waals surface area contributed by atoms with Crippen LogP contribution in [0.15, 0.2) is 236 Å². The van der Waals surface area contributed by atoms with Crippen LogP contribution < -0.4 is 14.7 Å². The Kier molecular flexibility index (Phi) is 8.74. The summed E-state index contributed by atoms with van der Waals surface area (Å²) in [4.78, 5) is 7.43. The molecule has 0 radical (unpaired) electrons. The molecule has 2 aliphatic carbocycles. The lowest BCUT2D eigenvalue weighted by atomic mass is 9.91. The Morgan fingerprint density at radius 2 is 1.08 bits per heavy atom. The number of hydrogen-bond acceptors (Lipinski definition) is 3. The first-order valence-electron chi connectivity index (χ1n) is 21.8. The zero-order chi connectivity index (χ0) is 41.0. The predicted molar refractivity (Wildman–Crippen MR) is 261 cm³/mol. The molecule has 296 valence electrons. The number of fused-ring (bicyclic) bond motifs is 7. The fourth-order valence-electron chi connectivity index (χ4n) is 10.2. The monoisotopic (exact) mass is 796 g/mol. The highest BCUT2D eigenvalue weighted by Gasteiger charge is 2.38. The second-order valence-electron chi connectivity index (χ2n) is 16.4. The van der Waals surface area contributed by atoms with E-state index in [-0.39, 0.29) is 12.0 Å². The van der Waals surface area contributed by atoms with Gasteiger partial charge in [-0.1, -0.05) is 134 Å². The molecule has 12 rings (SSSR count). The van der Waals surface area contributed by atoms with Crippen molar-refractivity contribution >= 4 is 72.4 Å². The van der Waals surface area contributed by atoms with Gasteiger partial charge in [-0.15, -0.1) is 0 Å². The Balaban J connectivity index is 1.03. The molecule has 2 heterocycles. The number of benzene rings is 8. The highest BCUT2D eigenvalue weighted by molar-refractivity contribution is 6.12. The van der Waals surface area contributed by atoms with Gasteiger partial charge in [0, 0.05) is 67.3 Å². The van der Waals surface area contributed by atoms with Crippen molar-refractivity contribution in [2.24, 2.45) is 0 Å². The van der Waals surface area contributed by atoms with Crippen LogP contribution in [0.3, 0.4) is 0 Å². The zero-order valence-electron chi connectivity index (χ0n) is 34.3. The quantitative estimate of drug-likeness (QED) is 0.152. The standard InChI is InChI=1S/C58H44N4/c1-5-19-41(20-6-1)59(45-35-37-57-51(39-45)49-27-13-15-31-55(49)61(57)43-23-9-3-10-24-43)53-33-17-30-48-47(53)29-18-34-54(48)60(42-21-7-2-8-22-42)46-36-38-58-52(40-46)50-28-14-16-32-56(50)62(58)44-25-11-4-12-26-44/h1,3-7,9-40,50,56H,2,8H2. The lowest BCUT2D eigenvalue weighted by Crippen LogP contribution is -2.28. The molecule has 0 spiro atoms. The van der Waals surface area contributed by atoms with Crippen molar-refractivity contribution in [2.75, 3.05) is 14.7 Å². The summed E-state index contributed by atoms with van der Waals surface area (Å²) in [6.07, 6.45) is 18.2. The van der Waals surface area contributed by atoms with E-state index in [1.807, 2.05) is 0 Å². The van der Waals surface area contributed by atoms with Crippen LogP contribution in [-0.4, -0.2) is 10.6 Å². The molecule has 0 saturated carbocycles. The second-order valence-corrected chi connectivity index (χ2v) is 16.4. The highest BCUT2D eigenvalue weighted by Crippen LogP contribution is 2.51. The van der Waals surface area contributed by atoms with Crippen LogP contribution >= 0.6 is 0 Å². The minimum absolute atomic E-state index is 0.230. The number of para-hydroxylation sites is 4. The van der Waals surface area contributed by atoms with Crippen molar-refractivity contribution in [1.29, 1.82) is 0 Å². The van der Waals surface area contributed by atoms with Crippen LogP contribution in [0.5, 0.6) is 0 Å². The summed E-state index contributed by atoms with van der Waals surface area (Å²) < 4.78 is 2.38. The van der Waals surface area contributed by atoms with Crippen molar-refractivity contribution in [3.8, 4) is 5.69 Å². The first-order chi connectivity index (χ1) is 30.8. The summed E-state index contributed by atoms with van der Waals surface area (Å²) in [5.41, 5.74) is 14.2. The van der Waals surface area contributed by atoms with E-state index in [0.717, 1.165) is 47.0 Å². The third-order valence-electron chi connectivity index (χ3n) is 12.9. The van der Waals surface area contributed by atoms with E-state index in [2.05, 4.69) is 250 Å². The van der Waals surface area contributed by atoms with E-state index in [9.17, 15) is 0 Å². The first kappa shape index (κ1) is 36.1. The summed E-state index contributed by atoms with van der Waals surface area (Å²) in [5.74, 6) is 0.255. The summed E-state index contributed by atoms with van der Waals surface area (Å²) in [5, 5.41) is 4.83. The number of anilines is 7. The first-order valence-corrected chi connectivity index (χ1v) is 21.8. The highest BCUT2D eigenvalue weighted by atomic mass is 15.2. The molecule has 1 aliphatic heterocycles. The van der Waals surface area contributed by atoms with Gasteiger partial charge in [-0.25, -0.2) is 0 Å². The van der Waals surface area contributed by atoms with Crippen molar-refractivity contribution in [2.45, 2.75) is 24.8 Å². The van der Waals surface area contributed by atoms with Crippen LogP contribution in [0.25, 0.3) is 38.3 Å². The van der Waals surface area contributed by atoms with Crippen molar-refractivity contribution in [3.63, 3.8) is 0 Å². The average Bonchev–Trinajstić information content (AvgIpc) is 3.85. The van der Waals surface area contributed by atoms with Gasteiger partial charge in [0.15, 0.2) is 0 Å². The lowest BCUT2D eigenvalue weighted by Gasteiger charge is -2.31. The molecule has 9 aromatic rings. The largest absolute Gasteiger partial charge is 0.333 e. The molecular weight excluding hydrogens is 753 g/mol. The van der Waals surface area contributed by atoms with Gasteiger partial charge < -0.3 is 19.3 Å². The van der Waals surface area contributed by atoms with E-state index in [1.54, 1.807) is 0 Å². The zero-order valence-corrected chi connectivity index (χ0v) is 34.3. The summed E-state index contributed by atoms with van der Waals surface area (Å²) in [6.45, 7) is 0. The molecule has 1 aromatic heterocycles. The summed E-state index contributed by atoms with van der Waals surface area (Å²) >= 11 is 0. The maximum Gasteiger partial charge on any atom is 0.0629 e. The number of rotatable bonds is 8. The molecular formula is C58H44N4. The maximum atomic E-state index is 2.51. The van der Waals surface area contributed by atoms with E-state index >= 15 is 0 Å². The molecule has 4 nitrogen and oxygen atoms in total.